The zero-order valence-electron chi connectivity index (χ0n) is 10.2. The van der Waals surface area contributed by atoms with Crippen LogP contribution in [0.2, 0.25) is 10.3 Å². The van der Waals surface area contributed by atoms with Crippen LogP contribution in [0.15, 0.2) is 6.07 Å². The fourth-order valence-corrected chi connectivity index (χ4v) is 2.42. The molecular weight excluding hydrogens is 275 g/mol. The molecule has 98 valence electrons. The third kappa shape index (κ3) is 2.74. The number of rotatable bonds is 1. The van der Waals surface area contributed by atoms with Crippen LogP contribution in [0.3, 0.4) is 0 Å². The number of aromatic nitrogens is 2. The van der Waals surface area contributed by atoms with Gasteiger partial charge in [-0.15, -0.1) is 10.2 Å². The fourth-order valence-electron chi connectivity index (χ4n) is 2.10. The molecule has 18 heavy (non-hydrogen) atoms. The van der Waals surface area contributed by atoms with Gasteiger partial charge in [-0.2, -0.15) is 0 Å². The molecule has 0 N–H and O–H groups in total. The topological polar surface area (TPSA) is 49.3 Å². The minimum Gasteiger partial charge on any atom is -0.333 e. The molecular formula is C11H14Cl2N4O. The van der Waals surface area contributed by atoms with Crippen LogP contribution in [0, 0.1) is 0 Å². The van der Waals surface area contributed by atoms with Crippen molar-refractivity contribution in [2.75, 3.05) is 26.7 Å². The Bertz CT molecular complexity index is 468. The number of halogens is 2. The van der Waals surface area contributed by atoms with Gasteiger partial charge in [-0.25, -0.2) is 0 Å². The predicted octanol–water partition coefficient (Wildman–Crippen LogP) is 1.56. The lowest BCUT2D eigenvalue weighted by Crippen LogP contribution is -2.52. The number of piperazine rings is 1. The van der Waals surface area contributed by atoms with Crippen molar-refractivity contribution in [3.05, 3.63) is 21.9 Å². The van der Waals surface area contributed by atoms with Crippen LogP contribution < -0.4 is 0 Å². The van der Waals surface area contributed by atoms with Crippen molar-refractivity contribution in [3.63, 3.8) is 0 Å². The van der Waals surface area contributed by atoms with Crippen molar-refractivity contribution in [1.29, 1.82) is 0 Å². The highest BCUT2D eigenvalue weighted by Crippen LogP contribution is 2.20. The van der Waals surface area contributed by atoms with Gasteiger partial charge in [0.1, 0.15) is 0 Å². The molecule has 0 bridgehead atoms. The third-order valence-electron chi connectivity index (χ3n) is 3.04. The van der Waals surface area contributed by atoms with Gasteiger partial charge in [-0.1, -0.05) is 23.2 Å². The summed E-state index contributed by atoms with van der Waals surface area (Å²) in [4.78, 5) is 16.4. The summed E-state index contributed by atoms with van der Waals surface area (Å²) in [6, 6.07) is 1.60. The van der Waals surface area contributed by atoms with E-state index in [1.807, 2.05) is 14.0 Å². The average molecular weight is 289 g/mol. The fraction of sp³-hybridized carbons (Fsp3) is 0.545. The average Bonchev–Trinajstić information content (AvgIpc) is 2.31. The van der Waals surface area contributed by atoms with Gasteiger partial charge >= 0.3 is 0 Å². The smallest absolute Gasteiger partial charge is 0.257 e. The molecule has 1 aliphatic rings. The van der Waals surface area contributed by atoms with Gasteiger partial charge in [0, 0.05) is 25.7 Å². The van der Waals surface area contributed by atoms with E-state index in [0.717, 1.165) is 13.1 Å². The Hall–Kier alpha value is -0.910. The highest BCUT2D eigenvalue weighted by molar-refractivity contribution is 6.34. The first-order valence-electron chi connectivity index (χ1n) is 5.67. The van der Waals surface area contributed by atoms with Gasteiger partial charge in [0.25, 0.3) is 5.91 Å². The molecule has 0 radical (unpaired) electrons. The Balaban J connectivity index is 2.23. The van der Waals surface area contributed by atoms with Crippen LogP contribution in [-0.2, 0) is 0 Å². The Morgan fingerprint density at radius 3 is 2.78 bits per heavy atom. The molecule has 1 amide bonds. The molecule has 5 nitrogen and oxygen atoms in total. The Morgan fingerprint density at radius 1 is 1.39 bits per heavy atom. The van der Waals surface area contributed by atoms with Crippen LogP contribution in [0.25, 0.3) is 0 Å². The summed E-state index contributed by atoms with van der Waals surface area (Å²) in [5.74, 6) is -0.141. The van der Waals surface area contributed by atoms with E-state index in [1.165, 1.54) is 6.07 Å². The third-order valence-corrected chi connectivity index (χ3v) is 3.50. The summed E-state index contributed by atoms with van der Waals surface area (Å²) >= 11 is 11.6. The summed E-state index contributed by atoms with van der Waals surface area (Å²) in [6.07, 6.45) is 0. The van der Waals surface area contributed by atoms with Crippen LogP contribution >= 0.6 is 23.2 Å². The van der Waals surface area contributed by atoms with Gasteiger partial charge in [0.2, 0.25) is 0 Å². The zero-order valence-corrected chi connectivity index (χ0v) is 11.7. The Labute approximate surface area is 116 Å². The van der Waals surface area contributed by atoms with Gasteiger partial charge in [0.05, 0.1) is 5.56 Å². The van der Waals surface area contributed by atoms with Gasteiger partial charge in [0.15, 0.2) is 10.3 Å². The highest BCUT2D eigenvalue weighted by Gasteiger charge is 2.28. The molecule has 2 rings (SSSR count). The molecule has 0 aromatic carbocycles. The maximum Gasteiger partial charge on any atom is 0.257 e. The number of nitrogens with zero attached hydrogens (tertiary/aromatic N) is 4. The first-order chi connectivity index (χ1) is 8.49. The number of likely N-dealkylation sites (N-methyl/N-ethyl adjacent to an activating group) is 1. The van der Waals surface area contributed by atoms with E-state index in [0.29, 0.717) is 12.1 Å². The summed E-state index contributed by atoms with van der Waals surface area (Å²) < 4.78 is 0. The molecule has 1 aliphatic heterocycles. The lowest BCUT2D eigenvalue weighted by molar-refractivity contribution is 0.0533. The van der Waals surface area contributed by atoms with Crippen molar-refractivity contribution in [3.8, 4) is 0 Å². The molecule has 1 unspecified atom stereocenters. The van der Waals surface area contributed by atoms with Crippen LogP contribution in [0.1, 0.15) is 17.3 Å². The van der Waals surface area contributed by atoms with Crippen molar-refractivity contribution in [1.82, 2.24) is 20.0 Å². The van der Waals surface area contributed by atoms with E-state index in [2.05, 4.69) is 15.1 Å². The van der Waals surface area contributed by atoms with E-state index in [-0.39, 0.29) is 22.3 Å². The van der Waals surface area contributed by atoms with Gasteiger partial charge < -0.3 is 9.80 Å². The molecule has 0 aliphatic carbocycles. The molecule has 0 saturated carbocycles. The molecule has 2 heterocycles. The van der Waals surface area contributed by atoms with E-state index in [9.17, 15) is 4.79 Å². The zero-order chi connectivity index (χ0) is 13.3. The molecule has 1 aromatic rings. The molecule has 1 atom stereocenters. The predicted molar refractivity (Wildman–Crippen MR) is 70.0 cm³/mol. The lowest BCUT2D eigenvalue weighted by Gasteiger charge is -2.38. The lowest BCUT2D eigenvalue weighted by atomic mass is 10.1. The minimum absolute atomic E-state index is 0.0931. The van der Waals surface area contributed by atoms with Crippen molar-refractivity contribution < 1.29 is 4.79 Å². The first kappa shape index (κ1) is 13.5. The Morgan fingerprint density at radius 2 is 2.11 bits per heavy atom. The number of carbonyl (C=O) groups excluding carboxylic acids is 1. The van der Waals surface area contributed by atoms with E-state index in [1.54, 1.807) is 4.90 Å². The SMILES string of the molecule is CC1CN(C)CCN1C(=O)c1cc(Cl)nnc1Cl. The van der Waals surface area contributed by atoms with Crippen molar-refractivity contribution >= 4 is 29.1 Å². The van der Waals surface area contributed by atoms with E-state index < -0.39 is 0 Å². The number of carbonyl (C=O) groups is 1. The van der Waals surface area contributed by atoms with E-state index >= 15 is 0 Å². The van der Waals surface area contributed by atoms with E-state index in [4.69, 9.17) is 23.2 Å². The summed E-state index contributed by atoms with van der Waals surface area (Å²) in [5, 5.41) is 7.53. The second-order valence-electron chi connectivity index (χ2n) is 4.48. The molecule has 7 heteroatoms. The quantitative estimate of drug-likeness (QED) is 0.787. The highest BCUT2D eigenvalue weighted by atomic mass is 35.5. The van der Waals surface area contributed by atoms with Crippen LogP contribution in [0.4, 0.5) is 0 Å². The number of amides is 1. The first-order valence-corrected chi connectivity index (χ1v) is 6.43. The van der Waals surface area contributed by atoms with Gasteiger partial charge in [-0.05, 0) is 20.0 Å². The largest absolute Gasteiger partial charge is 0.333 e. The molecule has 1 fully saturated rings. The standard InChI is InChI=1S/C11H14Cl2N4O/c1-7-6-16(2)3-4-17(7)11(18)8-5-9(12)14-15-10(8)13/h5,7H,3-4,6H2,1-2H3. The summed E-state index contributed by atoms with van der Waals surface area (Å²) in [5.41, 5.74) is 0.313. The second-order valence-corrected chi connectivity index (χ2v) is 5.23. The van der Waals surface area contributed by atoms with Crippen LogP contribution in [-0.4, -0.2) is 58.6 Å². The maximum atomic E-state index is 12.4. The Kier molecular flexibility index (Phi) is 4.04. The monoisotopic (exact) mass is 288 g/mol. The number of hydrogen-bond acceptors (Lipinski definition) is 4. The maximum absolute atomic E-state index is 12.4. The van der Waals surface area contributed by atoms with Crippen molar-refractivity contribution in [2.24, 2.45) is 0 Å². The minimum atomic E-state index is -0.141. The van der Waals surface area contributed by atoms with Gasteiger partial charge in [-0.3, -0.25) is 4.79 Å². The van der Waals surface area contributed by atoms with Crippen molar-refractivity contribution in [2.45, 2.75) is 13.0 Å². The second kappa shape index (κ2) is 5.38. The molecule has 1 saturated heterocycles. The summed E-state index contributed by atoms with van der Waals surface area (Å²) in [6.45, 7) is 4.38. The summed E-state index contributed by atoms with van der Waals surface area (Å²) in [7, 11) is 2.04. The normalized spacial score (nSPS) is 21.1. The van der Waals surface area contributed by atoms with Crippen LogP contribution in [0.5, 0.6) is 0 Å². The molecule has 1 aromatic heterocycles. The molecule has 0 spiro atoms. The number of hydrogen-bond donors (Lipinski definition) is 0.